The molecule has 2 aromatic rings. The third-order valence-electron chi connectivity index (χ3n) is 4.91. The maximum absolute atomic E-state index is 13.0. The van der Waals surface area contributed by atoms with E-state index in [-0.39, 0.29) is 31.1 Å². The number of hydrogen-bond acceptors (Lipinski definition) is 5. The van der Waals surface area contributed by atoms with Crippen LogP contribution in [0.5, 0.6) is 11.5 Å². The fourth-order valence-electron chi connectivity index (χ4n) is 3.26. The number of carbonyl (C=O) groups excluding carboxylic acids is 1. The van der Waals surface area contributed by atoms with E-state index < -0.39 is 40.0 Å². The van der Waals surface area contributed by atoms with Gasteiger partial charge in [-0.05, 0) is 43.3 Å². The second kappa shape index (κ2) is 9.78. The summed E-state index contributed by atoms with van der Waals surface area (Å²) < 4.78 is 76.5. The molecular weight excluding hydrogens is 449 g/mol. The van der Waals surface area contributed by atoms with Gasteiger partial charge in [0, 0.05) is 26.2 Å². The summed E-state index contributed by atoms with van der Waals surface area (Å²) in [6.45, 7) is 2.08. The van der Waals surface area contributed by atoms with Crippen molar-refractivity contribution in [3.8, 4) is 11.5 Å². The Labute approximate surface area is 184 Å². The molecule has 0 bridgehead atoms. The molecule has 1 aliphatic rings. The number of amides is 1. The lowest BCUT2D eigenvalue weighted by Gasteiger charge is -2.34. The van der Waals surface area contributed by atoms with Gasteiger partial charge in [0.25, 0.3) is 5.91 Å². The molecule has 0 aromatic heterocycles. The van der Waals surface area contributed by atoms with E-state index in [0.717, 1.165) is 12.1 Å². The molecule has 1 amide bonds. The first-order valence-corrected chi connectivity index (χ1v) is 11.4. The van der Waals surface area contributed by atoms with Crippen LogP contribution >= 0.6 is 0 Å². The number of alkyl halides is 3. The van der Waals surface area contributed by atoms with Crippen LogP contribution in [0, 0.1) is 0 Å². The van der Waals surface area contributed by atoms with E-state index in [1.165, 1.54) is 33.5 Å². The van der Waals surface area contributed by atoms with Crippen molar-refractivity contribution in [3.05, 3.63) is 54.1 Å². The molecule has 1 fully saturated rings. The summed E-state index contributed by atoms with van der Waals surface area (Å²) in [6, 6.07) is 10.7. The Kier molecular flexibility index (Phi) is 7.29. The fourth-order valence-corrected chi connectivity index (χ4v) is 4.68. The maximum Gasteiger partial charge on any atom is 0.419 e. The summed E-state index contributed by atoms with van der Waals surface area (Å²) in [6.07, 6.45) is -4.60. The Balaban J connectivity index is 1.57. The van der Waals surface area contributed by atoms with Crippen LogP contribution in [0.2, 0.25) is 0 Å². The molecule has 32 heavy (non-hydrogen) atoms. The Morgan fingerprint density at radius 3 is 2.19 bits per heavy atom. The third-order valence-corrected chi connectivity index (χ3v) is 6.82. The van der Waals surface area contributed by atoms with Crippen molar-refractivity contribution in [1.82, 2.24) is 9.21 Å². The van der Waals surface area contributed by atoms with E-state index in [0.29, 0.717) is 12.4 Å². The van der Waals surface area contributed by atoms with Gasteiger partial charge in [-0.1, -0.05) is 12.1 Å². The lowest BCUT2D eigenvalue weighted by atomic mass is 10.2. The van der Waals surface area contributed by atoms with Crippen molar-refractivity contribution < 1.29 is 35.9 Å². The van der Waals surface area contributed by atoms with Crippen LogP contribution in [-0.2, 0) is 21.0 Å². The van der Waals surface area contributed by atoms with Crippen molar-refractivity contribution >= 4 is 15.9 Å². The van der Waals surface area contributed by atoms with E-state index in [1.807, 2.05) is 6.92 Å². The number of ether oxygens (including phenoxy) is 2. The molecule has 0 unspecified atom stereocenters. The molecule has 0 spiro atoms. The van der Waals surface area contributed by atoms with Crippen LogP contribution < -0.4 is 9.47 Å². The van der Waals surface area contributed by atoms with Gasteiger partial charge in [-0.2, -0.15) is 17.5 Å². The van der Waals surface area contributed by atoms with Crippen molar-refractivity contribution in [2.75, 3.05) is 39.4 Å². The zero-order valence-electron chi connectivity index (χ0n) is 17.3. The number of carbonyl (C=O) groups is 1. The predicted molar refractivity (Wildman–Crippen MR) is 110 cm³/mol. The molecule has 11 heteroatoms. The fraction of sp³-hybridized carbons (Fsp3) is 0.381. The van der Waals surface area contributed by atoms with Gasteiger partial charge in [-0.3, -0.25) is 4.79 Å². The van der Waals surface area contributed by atoms with Gasteiger partial charge in [-0.15, -0.1) is 0 Å². The second-order valence-electron chi connectivity index (χ2n) is 6.97. The summed E-state index contributed by atoms with van der Waals surface area (Å²) in [5.41, 5.74) is -0.959. The second-order valence-corrected chi connectivity index (χ2v) is 8.91. The number of rotatable bonds is 7. The van der Waals surface area contributed by atoms with Crippen LogP contribution in [0.15, 0.2) is 53.4 Å². The first kappa shape index (κ1) is 23.9. The lowest BCUT2D eigenvalue weighted by Crippen LogP contribution is -2.51. The van der Waals surface area contributed by atoms with Crippen LogP contribution in [0.3, 0.4) is 0 Å². The van der Waals surface area contributed by atoms with Crippen molar-refractivity contribution in [3.63, 3.8) is 0 Å². The van der Waals surface area contributed by atoms with Gasteiger partial charge < -0.3 is 14.4 Å². The molecular formula is C21H23F3N2O5S. The SMILES string of the molecule is CCOc1ccc(S(=O)(=O)N2CCN(C(=O)COc3ccccc3C(F)(F)F)CC2)cc1. The average molecular weight is 472 g/mol. The molecule has 0 aliphatic carbocycles. The molecule has 174 valence electrons. The van der Waals surface area contributed by atoms with E-state index in [4.69, 9.17) is 9.47 Å². The Morgan fingerprint density at radius 1 is 0.969 bits per heavy atom. The summed E-state index contributed by atoms with van der Waals surface area (Å²) in [5.74, 6) is -0.376. The topological polar surface area (TPSA) is 76.2 Å². The average Bonchev–Trinajstić information content (AvgIpc) is 2.78. The molecule has 0 N–H and O–H groups in total. The summed E-state index contributed by atoms with van der Waals surface area (Å²) >= 11 is 0. The van der Waals surface area contributed by atoms with E-state index >= 15 is 0 Å². The normalized spacial score (nSPS) is 15.4. The van der Waals surface area contributed by atoms with Crippen molar-refractivity contribution in [2.24, 2.45) is 0 Å². The third kappa shape index (κ3) is 5.52. The minimum atomic E-state index is -4.60. The quantitative estimate of drug-likeness (QED) is 0.619. The van der Waals surface area contributed by atoms with Crippen molar-refractivity contribution in [1.29, 1.82) is 0 Å². The highest BCUT2D eigenvalue weighted by Crippen LogP contribution is 2.35. The van der Waals surface area contributed by atoms with Gasteiger partial charge in [-0.25, -0.2) is 8.42 Å². The molecule has 7 nitrogen and oxygen atoms in total. The van der Waals surface area contributed by atoms with Crippen molar-refractivity contribution in [2.45, 2.75) is 18.0 Å². The van der Waals surface area contributed by atoms with Crippen LogP contribution in [0.1, 0.15) is 12.5 Å². The molecule has 2 aromatic carbocycles. The number of para-hydroxylation sites is 1. The standard InChI is InChI=1S/C21H23F3N2O5S/c1-2-30-16-7-9-17(10-8-16)32(28,29)26-13-11-25(12-14-26)20(27)15-31-19-6-4-3-5-18(19)21(22,23)24/h3-10H,2,11-15H2,1H3. The summed E-state index contributed by atoms with van der Waals surface area (Å²) in [4.78, 5) is 13.9. The van der Waals surface area contributed by atoms with E-state index in [9.17, 15) is 26.4 Å². The number of sulfonamides is 1. The lowest BCUT2D eigenvalue weighted by molar-refractivity contribution is -0.141. The van der Waals surface area contributed by atoms with Crippen LogP contribution in [-0.4, -0.2) is 62.9 Å². The smallest absolute Gasteiger partial charge is 0.419 e. The highest BCUT2D eigenvalue weighted by atomic mass is 32.2. The van der Waals surface area contributed by atoms with Crippen LogP contribution in [0.25, 0.3) is 0 Å². The zero-order valence-corrected chi connectivity index (χ0v) is 18.2. The molecule has 1 aliphatic heterocycles. The number of benzene rings is 2. The number of hydrogen-bond donors (Lipinski definition) is 0. The molecule has 1 saturated heterocycles. The van der Waals surface area contributed by atoms with Gasteiger partial charge in [0.15, 0.2) is 6.61 Å². The summed E-state index contributed by atoms with van der Waals surface area (Å²) in [5, 5.41) is 0. The minimum absolute atomic E-state index is 0.0699. The first-order valence-electron chi connectivity index (χ1n) is 9.92. The Morgan fingerprint density at radius 2 is 1.59 bits per heavy atom. The highest BCUT2D eigenvalue weighted by molar-refractivity contribution is 7.89. The largest absolute Gasteiger partial charge is 0.494 e. The first-order chi connectivity index (χ1) is 15.1. The molecule has 3 rings (SSSR count). The van der Waals surface area contributed by atoms with Gasteiger partial charge in [0.2, 0.25) is 10.0 Å². The molecule has 0 saturated carbocycles. The van der Waals surface area contributed by atoms with Gasteiger partial charge in [0.05, 0.1) is 17.1 Å². The predicted octanol–water partition coefficient (Wildman–Crippen LogP) is 3.02. The van der Waals surface area contributed by atoms with Gasteiger partial charge in [0.1, 0.15) is 11.5 Å². The molecule has 0 radical (unpaired) electrons. The Bertz CT molecular complexity index is 1030. The minimum Gasteiger partial charge on any atom is -0.494 e. The molecule has 0 atom stereocenters. The zero-order chi connectivity index (χ0) is 23.4. The highest BCUT2D eigenvalue weighted by Gasteiger charge is 2.35. The number of piperazine rings is 1. The van der Waals surface area contributed by atoms with E-state index in [1.54, 1.807) is 12.1 Å². The number of nitrogens with zero attached hydrogens (tertiary/aromatic N) is 2. The van der Waals surface area contributed by atoms with Crippen LogP contribution in [0.4, 0.5) is 13.2 Å². The monoisotopic (exact) mass is 472 g/mol. The van der Waals surface area contributed by atoms with Gasteiger partial charge >= 0.3 is 6.18 Å². The Hall–Kier alpha value is -2.79. The maximum atomic E-state index is 13.0. The molecule has 1 heterocycles. The van der Waals surface area contributed by atoms with E-state index in [2.05, 4.69) is 0 Å². The summed E-state index contributed by atoms with van der Waals surface area (Å²) in [7, 11) is -3.74. The number of halogens is 3.